The lowest BCUT2D eigenvalue weighted by atomic mass is 10.0. The average molecular weight is 527 g/mol. The summed E-state index contributed by atoms with van der Waals surface area (Å²) >= 11 is 0. The predicted octanol–water partition coefficient (Wildman–Crippen LogP) is 6.47. The molecule has 38 heavy (non-hydrogen) atoms. The Morgan fingerprint density at radius 2 is 1.63 bits per heavy atom. The van der Waals surface area contributed by atoms with Crippen molar-refractivity contribution < 1.29 is 4.74 Å². The molecule has 0 radical (unpaired) electrons. The van der Waals surface area contributed by atoms with Gasteiger partial charge in [-0.15, -0.1) is 12.4 Å². The van der Waals surface area contributed by atoms with Crippen LogP contribution in [0.5, 0.6) is 5.75 Å². The molecule has 7 heteroatoms. The molecule has 0 saturated carbocycles. The average Bonchev–Trinajstić information content (AvgIpc) is 3.63. The smallest absolute Gasteiger partial charge is 0.258 e. The SMILES string of the molecule is CC(N1CCCC1)n1ncc2cc(-n3ccc(OCc4ccc(-c5ccccc5)cc4)cc3=O)ccc21.Cl. The molecular weight excluding hydrogens is 496 g/mol. The number of rotatable bonds is 7. The second-order valence-electron chi connectivity index (χ2n) is 9.63. The monoisotopic (exact) mass is 526 g/mol. The lowest BCUT2D eigenvalue weighted by Crippen LogP contribution is -2.28. The van der Waals surface area contributed by atoms with Crippen molar-refractivity contribution in [3.8, 4) is 22.6 Å². The molecule has 6 nitrogen and oxygen atoms in total. The largest absolute Gasteiger partial charge is 0.489 e. The van der Waals surface area contributed by atoms with Gasteiger partial charge >= 0.3 is 0 Å². The van der Waals surface area contributed by atoms with E-state index in [2.05, 4.69) is 64.1 Å². The molecule has 0 amide bonds. The molecule has 1 aliphatic rings. The number of pyridine rings is 1. The lowest BCUT2D eigenvalue weighted by Gasteiger charge is -2.24. The van der Waals surface area contributed by atoms with Gasteiger partial charge < -0.3 is 4.74 Å². The van der Waals surface area contributed by atoms with E-state index < -0.39 is 0 Å². The van der Waals surface area contributed by atoms with Crippen molar-refractivity contribution in [1.29, 1.82) is 0 Å². The van der Waals surface area contributed by atoms with Gasteiger partial charge in [0.15, 0.2) is 0 Å². The minimum Gasteiger partial charge on any atom is -0.489 e. The van der Waals surface area contributed by atoms with Gasteiger partial charge in [-0.05, 0) is 60.7 Å². The molecular formula is C31H31ClN4O2. The third kappa shape index (κ3) is 5.23. The van der Waals surface area contributed by atoms with E-state index in [1.165, 1.54) is 24.0 Å². The zero-order chi connectivity index (χ0) is 25.2. The molecule has 1 unspecified atom stereocenters. The Hall–Kier alpha value is -3.87. The first-order valence-corrected chi connectivity index (χ1v) is 12.9. The highest BCUT2D eigenvalue weighted by molar-refractivity contribution is 5.85. The second kappa shape index (κ2) is 11.3. The highest BCUT2D eigenvalue weighted by Crippen LogP contribution is 2.25. The second-order valence-corrected chi connectivity index (χ2v) is 9.63. The van der Waals surface area contributed by atoms with Crippen LogP contribution in [0.2, 0.25) is 0 Å². The molecule has 2 aromatic heterocycles. The van der Waals surface area contributed by atoms with E-state index in [9.17, 15) is 4.79 Å². The standard InChI is InChI=1S/C31H30N4O2.ClH/c1-23(33-16-5-6-17-33)35-30-14-13-28(19-27(30)21-32-35)34-18-15-29(20-31(34)36)37-22-24-9-11-26(12-10-24)25-7-3-2-4-8-25;/h2-4,7-15,18-21,23H,5-6,16-17,22H2,1H3;1H. The van der Waals surface area contributed by atoms with Crippen LogP contribution in [-0.2, 0) is 6.61 Å². The Labute approximate surface area is 228 Å². The third-order valence-electron chi connectivity index (χ3n) is 7.24. The number of likely N-dealkylation sites (tertiary alicyclic amines) is 1. The van der Waals surface area contributed by atoms with E-state index in [1.54, 1.807) is 16.8 Å². The molecule has 1 aliphatic heterocycles. The molecule has 0 aliphatic carbocycles. The van der Waals surface area contributed by atoms with Crippen molar-refractivity contribution in [1.82, 2.24) is 19.2 Å². The van der Waals surface area contributed by atoms with Crippen LogP contribution >= 0.6 is 12.4 Å². The number of aromatic nitrogens is 3. The molecule has 194 valence electrons. The normalized spacial score (nSPS) is 14.3. The van der Waals surface area contributed by atoms with Gasteiger partial charge in [-0.25, -0.2) is 4.68 Å². The highest BCUT2D eigenvalue weighted by Gasteiger charge is 2.21. The van der Waals surface area contributed by atoms with Crippen molar-refractivity contribution in [2.75, 3.05) is 13.1 Å². The Bertz CT molecular complexity index is 1570. The number of fused-ring (bicyclic) bond motifs is 1. The summed E-state index contributed by atoms with van der Waals surface area (Å²) < 4.78 is 9.65. The van der Waals surface area contributed by atoms with Crippen LogP contribution in [0.1, 0.15) is 31.5 Å². The molecule has 0 bridgehead atoms. The van der Waals surface area contributed by atoms with Crippen molar-refractivity contribution in [2.24, 2.45) is 0 Å². The summed E-state index contributed by atoms with van der Waals surface area (Å²) in [6, 6.07) is 28.0. The van der Waals surface area contributed by atoms with E-state index in [1.807, 2.05) is 42.6 Å². The van der Waals surface area contributed by atoms with Crippen LogP contribution in [0, 0.1) is 0 Å². The van der Waals surface area contributed by atoms with Crippen LogP contribution in [0.15, 0.2) is 102 Å². The number of benzene rings is 3. The Morgan fingerprint density at radius 1 is 0.895 bits per heavy atom. The van der Waals surface area contributed by atoms with Crippen LogP contribution in [0.25, 0.3) is 27.7 Å². The maximum absolute atomic E-state index is 12.9. The van der Waals surface area contributed by atoms with Crippen molar-refractivity contribution in [3.63, 3.8) is 0 Å². The molecule has 1 fully saturated rings. The van der Waals surface area contributed by atoms with Crippen molar-refractivity contribution >= 4 is 23.3 Å². The summed E-state index contributed by atoms with van der Waals surface area (Å²) in [5.41, 5.74) is 5.16. The predicted molar refractivity (Wildman–Crippen MR) is 154 cm³/mol. The van der Waals surface area contributed by atoms with Gasteiger partial charge in [-0.3, -0.25) is 14.3 Å². The first-order chi connectivity index (χ1) is 18.2. The first kappa shape index (κ1) is 25.8. The number of hydrogen-bond acceptors (Lipinski definition) is 4. The van der Waals surface area contributed by atoms with Crippen LogP contribution in [-0.4, -0.2) is 32.3 Å². The van der Waals surface area contributed by atoms with Crippen molar-refractivity contribution in [3.05, 3.63) is 113 Å². The van der Waals surface area contributed by atoms with E-state index >= 15 is 0 Å². The topological polar surface area (TPSA) is 52.3 Å². The third-order valence-corrected chi connectivity index (χ3v) is 7.24. The van der Waals surface area contributed by atoms with E-state index in [0.29, 0.717) is 12.4 Å². The fourth-order valence-electron chi connectivity index (χ4n) is 5.11. The van der Waals surface area contributed by atoms with Gasteiger partial charge in [0.05, 0.1) is 11.7 Å². The molecule has 1 saturated heterocycles. The number of hydrogen-bond donors (Lipinski definition) is 0. The van der Waals surface area contributed by atoms with E-state index in [0.717, 1.165) is 35.2 Å². The molecule has 3 heterocycles. The summed E-state index contributed by atoms with van der Waals surface area (Å²) in [7, 11) is 0. The Kier molecular flexibility index (Phi) is 7.63. The lowest BCUT2D eigenvalue weighted by molar-refractivity contribution is 0.184. The molecule has 1 atom stereocenters. The molecule has 0 spiro atoms. The van der Waals surface area contributed by atoms with E-state index in [4.69, 9.17) is 4.74 Å². The minimum absolute atomic E-state index is 0. The number of ether oxygens (including phenoxy) is 1. The molecule has 5 aromatic rings. The summed E-state index contributed by atoms with van der Waals surface area (Å²) in [6.07, 6.45) is 6.37. The van der Waals surface area contributed by atoms with E-state index in [-0.39, 0.29) is 24.1 Å². The van der Waals surface area contributed by atoms with Crippen LogP contribution < -0.4 is 10.3 Å². The summed E-state index contributed by atoms with van der Waals surface area (Å²) in [4.78, 5) is 15.4. The quantitative estimate of drug-likeness (QED) is 0.244. The minimum atomic E-state index is -0.130. The number of halogens is 1. The zero-order valence-electron chi connectivity index (χ0n) is 21.4. The first-order valence-electron chi connectivity index (χ1n) is 12.9. The summed E-state index contributed by atoms with van der Waals surface area (Å²) in [6.45, 7) is 4.83. The van der Waals surface area contributed by atoms with Crippen LogP contribution in [0.4, 0.5) is 0 Å². The molecule has 3 aromatic carbocycles. The highest BCUT2D eigenvalue weighted by atomic mass is 35.5. The Balaban J connectivity index is 0.00000294. The fourth-order valence-corrected chi connectivity index (χ4v) is 5.11. The van der Waals surface area contributed by atoms with Gasteiger partial charge in [0.1, 0.15) is 18.5 Å². The summed E-state index contributed by atoms with van der Waals surface area (Å²) in [5.74, 6) is 0.557. The fraction of sp³-hybridized carbons (Fsp3) is 0.226. The van der Waals surface area contributed by atoms with Gasteiger partial charge in [-0.2, -0.15) is 5.10 Å². The molecule has 0 N–H and O–H groups in total. The van der Waals surface area contributed by atoms with Gasteiger partial charge in [-0.1, -0.05) is 54.6 Å². The van der Waals surface area contributed by atoms with Crippen molar-refractivity contribution in [2.45, 2.75) is 32.5 Å². The zero-order valence-corrected chi connectivity index (χ0v) is 22.2. The maximum Gasteiger partial charge on any atom is 0.258 e. The van der Waals surface area contributed by atoms with Gasteiger partial charge in [0.25, 0.3) is 5.56 Å². The van der Waals surface area contributed by atoms with Gasteiger partial charge in [0.2, 0.25) is 0 Å². The number of nitrogens with zero attached hydrogens (tertiary/aromatic N) is 4. The Morgan fingerprint density at radius 3 is 2.37 bits per heavy atom. The maximum atomic E-state index is 12.9. The molecule has 6 rings (SSSR count). The van der Waals surface area contributed by atoms with Crippen LogP contribution in [0.3, 0.4) is 0 Å². The summed E-state index contributed by atoms with van der Waals surface area (Å²) in [5, 5.41) is 5.68. The van der Waals surface area contributed by atoms with Gasteiger partial charge in [0, 0.05) is 36.4 Å².